The number of aliphatic carboxylic acids is 1. The molecule has 6 nitrogen and oxygen atoms in total. The Hall–Kier alpha value is -1.47. The molecule has 3 N–H and O–H groups in total. The summed E-state index contributed by atoms with van der Waals surface area (Å²) in [5.74, 6) is -0.902. The molecular formula is C13H19N3O3S. The average Bonchev–Trinajstić information content (AvgIpc) is 2.88. The standard InChI is InChI=1S/C13H19N3O3S/c1-13(12(18)19)3-6-16(7-4-13)11(17)9-8-20-10(15-9)2-5-14/h8H,2-7,14H2,1H3,(H,18,19). The molecule has 0 atom stereocenters. The molecule has 7 heteroatoms. The predicted octanol–water partition coefficient (Wildman–Crippen LogP) is 0.971. The molecule has 0 aliphatic carbocycles. The fraction of sp³-hybridized carbons (Fsp3) is 0.615. The second-order valence-corrected chi connectivity index (χ2v) is 6.27. The van der Waals surface area contributed by atoms with Crippen LogP contribution < -0.4 is 5.73 Å². The van der Waals surface area contributed by atoms with Crippen molar-refractivity contribution in [1.29, 1.82) is 0 Å². The Bertz CT molecular complexity index is 507. The van der Waals surface area contributed by atoms with E-state index < -0.39 is 11.4 Å². The van der Waals surface area contributed by atoms with Crippen LogP contribution in [0.3, 0.4) is 0 Å². The largest absolute Gasteiger partial charge is 0.481 e. The molecule has 1 aliphatic heterocycles. The zero-order valence-corrected chi connectivity index (χ0v) is 12.3. The van der Waals surface area contributed by atoms with E-state index in [0.29, 0.717) is 44.6 Å². The third-order valence-corrected chi connectivity index (χ3v) is 4.71. The molecule has 1 aliphatic rings. The molecular weight excluding hydrogens is 278 g/mol. The van der Waals surface area contributed by atoms with Crippen LogP contribution in [0.2, 0.25) is 0 Å². The maximum atomic E-state index is 12.3. The average molecular weight is 297 g/mol. The lowest BCUT2D eigenvalue weighted by Gasteiger charge is -2.36. The highest BCUT2D eigenvalue weighted by molar-refractivity contribution is 7.09. The van der Waals surface area contributed by atoms with Crippen molar-refractivity contribution in [3.05, 3.63) is 16.1 Å². The van der Waals surface area contributed by atoms with E-state index in [1.807, 2.05) is 0 Å². The molecule has 0 spiro atoms. The molecule has 110 valence electrons. The second-order valence-electron chi connectivity index (χ2n) is 5.32. The van der Waals surface area contributed by atoms with Crippen LogP contribution in [0, 0.1) is 5.41 Å². The summed E-state index contributed by atoms with van der Waals surface area (Å²) in [6.45, 7) is 3.18. The summed E-state index contributed by atoms with van der Waals surface area (Å²) < 4.78 is 0. The number of aromatic nitrogens is 1. The summed E-state index contributed by atoms with van der Waals surface area (Å²) in [6, 6.07) is 0. The number of carboxylic acids is 1. The number of likely N-dealkylation sites (tertiary alicyclic amines) is 1. The quantitative estimate of drug-likeness (QED) is 0.863. The van der Waals surface area contributed by atoms with Crippen molar-refractivity contribution in [2.24, 2.45) is 11.1 Å². The van der Waals surface area contributed by atoms with Gasteiger partial charge in [-0.2, -0.15) is 0 Å². The fourth-order valence-corrected chi connectivity index (χ4v) is 3.01. The van der Waals surface area contributed by atoms with Gasteiger partial charge in [0.1, 0.15) is 5.69 Å². The number of carbonyl (C=O) groups excluding carboxylic acids is 1. The van der Waals surface area contributed by atoms with E-state index in [1.165, 1.54) is 11.3 Å². The number of piperidine rings is 1. The minimum absolute atomic E-state index is 0.114. The zero-order chi connectivity index (χ0) is 14.8. The van der Waals surface area contributed by atoms with Crippen LogP contribution in [-0.4, -0.2) is 46.5 Å². The number of carboxylic acid groups (broad SMARTS) is 1. The number of nitrogens with zero attached hydrogens (tertiary/aromatic N) is 2. The lowest BCUT2D eigenvalue weighted by atomic mass is 9.80. The number of hydrogen-bond donors (Lipinski definition) is 2. The Morgan fingerprint density at radius 2 is 2.15 bits per heavy atom. The molecule has 0 aromatic carbocycles. The molecule has 1 aromatic rings. The molecule has 2 rings (SSSR count). The Balaban J connectivity index is 1.99. The minimum Gasteiger partial charge on any atom is -0.481 e. The monoisotopic (exact) mass is 297 g/mol. The first-order valence-corrected chi connectivity index (χ1v) is 7.51. The number of thiazole rings is 1. The van der Waals surface area contributed by atoms with Gasteiger partial charge in [0.15, 0.2) is 0 Å². The third kappa shape index (κ3) is 2.99. The van der Waals surface area contributed by atoms with Crippen molar-refractivity contribution < 1.29 is 14.7 Å². The lowest BCUT2D eigenvalue weighted by molar-refractivity contribution is -0.150. The Morgan fingerprint density at radius 3 is 2.70 bits per heavy atom. The van der Waals surface area contributed by atoms with Gasteiger partial charge in [0.05, 0.1) is 10.4 Å². The predicted molar refractivity (Wildman–Crippen MR) is 75.8 cm³/mol. The van der Waals surface area contributed by atoms with Crippen LogP contribution in [-0.2, 0) is 11.2 Å². The maximum absolute atomic E-state index is 12.3. The molecule has 1 aromatic heterocycles. The SMILES string of the molecule is CC1(C(=O)O)CCN(C(=O)c2csc(CCN)n2)CC1. The number of carbonyl (C=O) groups is 2. The molecule has 2 heterocycles. The first-order valence-electron chi connectivity index (χ1n) is 6.63. The van der Waals surface area contributed by atoms with Crippen molar-refractivity contribution in [2.45, 2.75) is 26.2 Å². The summed E-state index contributed by atoms with van der Waals surface area (Å²) >= 11 is 1.44. The van der Waals surface area contributed by atoms with Gasteiger partial charge in [0.25, 0.3) is 5.91 Å². The Labute approximate surface area is 121 Å². The molecule has 1 amide bonds. The van der Waals surface area contributed by atoms with Crippen LogP contribution in [0.1, 0.15) is 35.3 Å². The number of amides is 1. The van der Waals surface area contributed by atoms with E-state index >= 15 is 0 Å². The third-order valence-electron chi connectivity index (χ3n) is 3.80. The van der Waals surface area contributed by atoms with Gasteiger partial charge in [-0.05, 0) is 26.3 Å². The van der Waals surface area contributed by atoms with E-state index in [4.69, 9.17) is 5.73 Å². The first-order chi connectivity index (χ1) is 9.46. The molecule has 0 bridgehead atoms. The number of nitrogens with two attached hydrogens (primary N) is 1. The van der Waals surface area contributed by atoms with Crippen LogP contribution in [0.25, 0.3) is 0 Å². The summed E-state index contributed by atoms with van der Waals surface area (Å²) in [5, 5.41) is 11.8. The summed E-state index contributed by atoms with van der Waals surface area (Å²) in [5.41, 5.74) is 5.19. The van der Waals surface area contributed by atoms with Crippen molar-refractivity contribution in [1.82, 2.24) is 9.88 Å². The van der Waals surface area contributed by atoms with Gasteiger partial charge < -0.3 is 15.7 Å². The van der Waals surface area contributed by atoms with E-state index in [-0.39, 0.29) is 5.91 Å². The van der Waals surface area contributed by atoms with Crippen LogP contribution >= 0.6 is 11.3 Å². The summed E-state index contributed by atoms with van der Waals surface area (Å²) in [7, 11) is 0. The van der Waals surface area contributed by atoms with Crippen LogP contribution in [0.4, 0.5) is 0 Å². The fourth-order valence-electron chi connectivity index (χ4n) is 2.23. The molecule has 1 fully saturated rings. The smallest absolute Gasteiger partial charge is 0.309 e. The van der Waals surface area contributed by atoms with E-state index in [0.717, 1.165) is 5.01 Å². The zero-order valence-electron chi connectivity index (χ0n) is 11.5. The van der Waals surface area contributed by atoms with Gasteiger partial charge >= 0.3 is 5.97 Å². The number of hydrogen-bond acceptors (Lipinski definition) is 5. The van der Waals surface area contributed by atoms with Gasteiger partial charge in [-0.15, -0.1) is 11.3 Å². The topological polar surface area (TPSA) is 96.5 Å². The molecule has 1 saturated heterocycles. The van der Waals surface area contributed by atoms with E-state index in [2.05, 4.69) is 4.98 Å². The van der Waals surface area contributed by atoms with Gasteiger partial charge in [-0.3, -0.25) is 9.59 Å². The molecule has 20 heavy (non-hydrogen) atoms. The van der Waals surface area contributed by atoms with Crippen LogP contribution in [0.5, 0.6) is 0 Å². The van der Waals surface area contributed by atoms with Crippen LogP contribution in [0.15, 0.2) is 5.38 Å². The highest BCUT2D eigenvalue weighted by atomic mass is 32.1. The van der Waals surface area contributed by atoms with Crippen molar-refractivity contribution in [3.8, 4) is 0 Å². The van der Waals surface area contributed by atoms with Crippen molar-refractivity contribution in [3.63, 3.8) is 0 Å². The van der Waals surface area contributed by atoms with Gasteiger partial charge in [-0.25, -0.2) is 4.98 Å². The highest BCUT2D eigenvalue weighted by Crippen LogP contribution is 2.31. The molecule has 0 radical (unpaired) electrons. The minimum atomic E-state index is -0.788. The maximum Gasteiger partial charge on any atom is 0.309 e. The van der Waals surface area contributed by atoms with Gasteiger partial charge in [0.2, 0.25) is 0 Å². The van der Waals surface area contributed by atoms with E-state index in [9.17, 15) is 14.7 Å². The Kier molecular flexibility index (Phi) is 4.39. The molecule has 0 unspecified atom stereocenters. The lowest BCUT2D eigenvalue weighted by Crippen LogP contribution is -2.45. The van der Waals surface area contributed by atoms with Gasteiger partial charge in [-0.1, -0.05) is 0 Å². The molecule has 0 saturated carbocycles. The van der Waals surface area contributed by atoms with Crippen molar-refractivity contribution in [2.75, 3.05) is 19.6 Å². The number of rotatable bonds is 4. The van der Waals surface area contributed by atoms with Crippen molar-refractivity contribution >= 4 is 23.2 Å². The summed E-state index contributed by atoms with van der Waals surface area (Å²) in [6.07, 6.45) is 1.64. The normalized spacial score (nSPS) is 18.0. The first kappa shape index (κ1) is 14.9. The highest BCUT2D eigenvalue weighted by Gasteiger charge is 2.38. The van der Waals surface area contributed by atoms with E-state index in [1.54, 1.807) is 17.2 Å². The Morgan fingerprint density at radius 1 is 1.50 bits per heavy atom. The second kappa shape index (κ2) is 5.88. The van der Waals surface area contributed by atoms with Gasteiger partial charge in [0, 0.05) is 24.9 Å². The summed E-state index contributed by atoms with van der Waals surface area (Å²) in [4.78, 5) is 29.4.